The van der Waals surface area contributed by atoms with Gasteiger partial charge in [-0.05, 0) is 45.6 Å². The largest absolute Gasteiger partial charge is 0.378 e. The molecule has 0 spiro atoms. The van der Waals surface area contributed by atoms with E-state index < -0.39 is 0 Å². The van der Waals surface area contributed by atoms with Crippen LogP contribution in [0.15, 0.2) is 22.1 Å². The molecule has 8 nitrogen and oxygen atoms in total. The first-order chi connectivity index (χ1) is 14.3. The molecule has 0 amide bonds. The first-order valence-electron chi connectivity index (χ1n) is 11.1. The number of unbranched alkanes of at least 4 members (excludes halogenated alkanes) is 8. The maximum absolute atomic E-state index is 7.19. The average Bonchev–Trinajstić information content (AvgIpc) is 2.65. The van der Waals surface area contributed by atoms with Gasteiger partial charge in [-0.2, -0.15) is 4.99 Å². The van der Waals surface area contributed by atoms with Gasteiger partial charge in [0.15, 0.2) is 11.1 Å². The minimum atomic E-state index is -0.284. The lowest BCUT2D eigenvalue weighted by atomic mass is 10.1. The second kappa shape index (κ2) is 19.2. The standard InChI is InChI=1S/C21H44N8S/c1-3-4-5-6-7-8-9-10-11-12-13-14-15-29(16-18(2)27-19(22)23)17-30-21(26)28-20(24)25/h10-11,18H,3-9,12-17H2,1-2H3,(H4,22,23,27)(H5,24,25,26,28)/b11-10-. The highest BCUT2D eigenvalue weighted by Gasteiger charge is 2.11. The topological polar surface area (TPSA) is 156 Å². The summed E-state index contributed by atoms with van der Waals surface area (Å²) in [5.74, 6) is 0.470. The molecule has 0 aliphatic carbocycles. The number of amidine groups is 1. The van der Waals surface area contributed by atoms with Crippen LogP contribution >= 0.6 is 11.8 Å². The summed E-state index contributed by atoms with van der Waals surface area (Å²) in [5, 5.41) is 7.48. The smallest absolute Gasteiger partial charge is 0.214 e. The maximum Gasteiger partial charge on any atom is 0.214 e. The van der Waals surface area contributed by atoms with Crippen molar-refractivity contribution in [2.24, 2.45) is 32.9 Å². The molecule has 0 rings (SSSR count). The van der Waals surface area contributed by atoms with E-state index in [1.165, 1.54) is 56.7 Å². The highest BCUT2D eigenvalue weighted by molar-refractivity contribution is 8.13. The molecule has 0 aromatic rings. The molecule has 0 aliphatic rings. The zero-order chi connectivity index (χ0) is 22.6. The summed E-state index contributed by atoms with van der Waals surface area (Å²) < 4.78 is 0. The van der Waals surface area contributed by atoms with Crippen LogP contribution in [0.1, 0.15) is 78.1 Å². The zero-order valence-corrected chi connectivity index (χ0v) is 19.8. The second-order valence-corrected chi connectivity index (χ2v) is 8.58. The van der Waals surface area contributed by atoms with E-state index in [0.29, 0.717) is 11.0 Å². The van der Waals surface area contributed by atoms with Gasteiger partial charge in [0, 0.05) is 6.54 Å². The van der Waals surface area contributed by atoms with E-state index in [2.05, 4.69) is 34.0 Å². The summed E-state index contributed by atoms with van der Waals surface area (Å²) in [6.07, 6.45) is 17.2. The quantitative estimate of drug-likeness (QED) is 0.0767. The molecule has 9 N–H and O–H groups in total. The molecule has 0 aliphatic heterocycles. The number of aliphatic imine (C=N–C) groups is 2. The van der Waals surface area contributed by atoms with Crippen LogP contribution in [-0.4, -0.2) is 47.0 Å². The van der Waals surface area contributed by atoms with Crippen molar-refractivity contribution >= 4 is 28.8 Å². The third-order valence-corrected chi connectivity index (χ3v) is 5.38. The molecule has 1 atom stereocenters. The Kier molecular flexibility index (Phi) is 18.1. The van der Waals surface area contributed by atoms with Crippen molar-refractivity contribution in [1.29, 1.82) is 5.41 Å². The van der Waals surface area contributed by atoms with Crippen LogP contribution in [-0.2, 0) is 0 Å². The Morgan fingerprint density at radius 1 is 0.967 bits per heavy atom. The summed E-state index contributed by atoms with van der Waals surface area (Å²) >= 11 is 1.37. The molecule has 0 fully saturated rings. The number of guanidine groups is 2. The van der Waals surface area contributed by atoms with Crippen molar-refractivity contribution in [1.82, 2.24) is 4.90 Å². The summed E-state index contributed by atoms with van der Waals surface area (Å²) in [5.41, 5.74) is 22.0. The first kappa shape index (κ1) is 28.3. The summed E-state index contributed by atoms with van der Waals surface area (Å²) in [6.45, 7) is 5.89. The van der Waals surface area contributed by atoms with E-state index in [4.69, 9.17) is 28.3 Å². The molecular weight excluding hydrogens is 396 g/mol. The van der Waals surface area contributed by atoms with Crippen LogP contribution in [0.4, 0.5) is 0 Å². The highest BCUT2D eigenvalue weighted by atomic mass is 32.2. The van der Waals surface area contributed by atoms with Crippen LogP contribution in [0.2, 0.25) is 0 Å². The minimum absolute atomic E-state index is 0.00112. The maximum atomic E-state index is 7.19. The third kappa shape index (κ3) is 19.6. The van der Waals surface area contributed by atoms with Gasteiger partial charge in [0.25, 0.3) is 0 Å². The Labute approximate surface area is 187 Å². The van der Waals surface area contributed by atoms with Gasteiger partial charge in [0.2, 0.25) is 5.96 Å². The molecule has 0 bridgehead atoms. The molecule has 0 heterocycles. The van der Waals surface area contributed by atoms with Gasteiger partial charge in [-0.3, -0.25) is 10.3 Å². The fraction of sp³-hybridized carbons (Fsp3) is 0.762. The Morgan fingerprint density at radius 3 is 2.17 bits per heavy atom. The molecular formula is C21H44N8S. The number of rotatable bonds is 17. The summed E-state index contributed by atoms with van der Waals surface area (Å²) in [6, 6.07) is -0.00112. The first-order valence-corrected chi connectivity index (χ1v) is 12.1. The average molecular weight is 441 g/mol. The van der Waals surface area contributed by atoms with Crippen LogP contribution in [0.25, 0.3) is 0 Å². The summed E-state index contributed by atoms with van der Waals surface area (Å²) in [4.78, 5) is 10.2. The molecule has 0 aromatic heterocycles. The molecule has 174 valence electrons. The van der Waals surface area contributed by atoms with Crippen molar-refractivity contribution in [3.05, 3.63) is 12.2 Å². The number of thioether (sulfide) groups is 1. The number of nitrogens with two attached hydrogens (primary N) is 4. The van der Waals surface area contributed by atoms with Crippen molar-refractivity contribution in [2.45, 2.75) is 84.1 Å². The SMILES string of the molecule is CCCCCCCC/C=C\CCCCN(CSC(N)=NC(=N)N)CC(C)N=C(N)N. The second-order valence-electron chi connectivity index (χ2n) is 7.61. The zero-order valence-electron chi connectivity index (χ0n) is 19.0. The number of nitrogens with zero attached hydrogens (tertiary/aromatic N) is 3. The van der Waals surface area contributed by atoms with Crippen LogP contribution in [0, 0.1) is 5.41 Å². The van der Waals surface area contributed by atoms with Crippen LogP contribution in [0.3, 0.4) is 0 Å². The molecule has 0 saturated carbocycles. The molecule has 0 radical (unpaired) electrons. The molecule has 0 aromatic carbocycles. The van der Waals surface area contributed by atoms with Crippen molar-refractivity contribution < 1.29 is 0 Å². The lowest BCUT2D eigenvalue weighted by Gasteiger charge is -2.23. The van der Waals surface area contributed by atoms with Crippen molar-refractivity contribution in [3.63, 3.8) is 0 Å². The van der Waals surface area contributed by atoms with Crippen LogP contribution in [0.5, 0.6) is 0 Å². The van der Waals surface area contributed by atoms with Crippen molar-refractivity contribution in [3.8, 4) is 0 Å². The number of allylic oxidation sites excluding steroid dienone is 2. The van der Waals surface area contributed by atoms with Gasteiger partial charge >= 0.3 is 0 Å². The van der Waals surface area contributed by atoms with E-state index in [9.17, 15) is 0 Å². The molecule has 30 heavy (non-hydrogen) atoms. The van der Waals surface area contributed by atoms with E-state index in [1.54, 1.807) is 0 Å². The van der Waals surface area contributed by atoms with Gasteiger partial charge in [-0.15, -0.1) is 0 Å². The number of hydrogen-bond donors (Lipinski definition) is 5. The van der Waals surface area contributed by atoms with Gasteiger partial charge in [0.05, 0.1) is 11.9 Å². The third-order valence-electron chi connectivity index (χ3n) is 4.50. The normalized spacial score (nSPS) is 13.1. The lowest BCUT2D eigenvalue weighted by molar-refractivity contribution is 0.299. The molecule has 1 unspecified atom stereocenters. The van der Waals surface area contributed by atoms with E-state index in [1.807, 2.05) is 6.92 Å². The highest BCUT2D eigenvalue weighted by Crippen LogP contribution is 2.10. The fourth-order valence-corrected chi connectivity index (χ4v) is 3.77. The number of nitrogens with one attached hydrogen (secondary N) is 1. The van der Waals surface area contributed by atoms with E-state index in [0.717, 1.165) is 32.4 Å². The van der Waals surface area contributed by atoms with E-state index in [-0.39, 0.29) is 18.0 Å². The fourth-order valence-electron chi connectivity index (χ4n) is 3.06. The van der Waals surface area contributed by atoms with Gasteiger partial charge in [-0.1, -0.05) is 62.9 Å². The Morgan fingerprint density at radius 2 is 1.57 bits per heavy atom. The minimum Gasteiger partial charge on any atom is -0.378 e. The Hall–Kier alpha value is -1.74. The van der Waals surface area contributed by atoms with Gasteiger partial charge in [0.1, 0.15) is 0 Å². The van der Waals surface area contributed by atoms with Crippen molar-refractivity contribution in [2.75, 3.05) is 19.0 Å². The Bertz CT molecular complexity index is 529. The van der Waals surface area contributed by atoms with E-state index >= 15 is 0 Å². The van der Waals surface area contributed by atoms with Gasteiger partial charge in [-0.25, -0.2) is 4.99 Å². The van der Waals surface area contributed by atoms with Crippen LogP contribution < -0.4 is 22.9 Å². The Balaban J connectivity index is 4.17. The summed E-state index contributed by atoms with van der Waals surface area (Å²) in [7, 11) is 0. The number of hydrogen-bond acceptors (Lipinski definition) is 4. The monoisotopic (exact) mass is 440 g/mol. The molecule has 0 saturated heterocycles. The lowest BCUT2D eigenvalue weighted by Crippen LogP contribution is -2.34. The van der Waals surface area contributed by atoms with Gasteiger partial charge < -0.3 is 22.9 Å². The predicted octanol–water partition coefficient (Wildman–Crippen LogP) is 3.33. The predicted molar refractivity (Wildman–Crippen MR) is 134 cm³/mol. The molecule has 9 heteroatoms.